The van der Waals surface area contributed by atoms with Crippen molar-refractivity contribution in [2.75, 3.05) is 6.61 Å². The van der Waals surface area contributed by atoms with Crippen LogP contribution in [0.15, 0.2) is 35.3 Å². The van der Waals surface area contributed by atoms with E-state index in [1.165, 1.54) is 38.5 Å². The number of hydrogen-bond donors (Lipinski definition) is 0. The van der Waals surface area contributed by atoms with Gasteiger partial charge in [0.2, 0.25) is 0 Å². The van der Waals surface area contributed by atoms with Crippen LogP contribution < -0.4 is 10.3 Å². The SMILES string of the molecule is CCCCC/C=C\C/C=C\CCCCCCCC(=O)OCC1OC2CC1Oc1nc(=O)c(C)cn12. The average molecular weight is 487 g/mol. The minimum atomic E-state index is -0.342. The van der Waals surface area contributed by atoms with E-state index < -0.39 is 0 Å². The number of aryl methyl sites for hydroxylation is 1. The van der Waals surface area contributed by atoms with Gasteiger partial charge in [0.1, 0.15) is 25.0 Å². The number of allylic oxidation sites excluding steroid dienone is 4. The molecule has 3 rings (SSSR count). The minimum absolute atomic E-state index is 0.165. The van der Waals surface area contributed by atoms with E-state index in [0.29, 0.717) is 18.4 Å². The second kappa shape index (κ2) is 14.9. The Kier molecular flexibility index (Phi) is 11.5. The molecule has 0 saturated carbocycles. The Balaban J connectivity index is 1.18. The number of fused-ring (bicyclic) bond motifs is 4. The van der Waals surface area contributed by atoms with E-state index in [0.717, 1.165) is 32.1 Å². The molecule has 0 amide bonds. The zero-order chi connectivity index (χ0) is 24.9. The van der Waals surface area contributed by atoms with Crippen LogP contribution >= 0.6 is 0 Å². The number of unbranched alkanes of at least 4 members (excludes halogenated alkanes) is 8. The van der Waals surface area contributed by atoms with Crippen LogP contribution in [0.25, 0.3) is 0 Å². The fraction of sp³-hybridized carbons (Fsp3) is 0.679. The monoisotopic (exact) mass is 486 g/mol. The molecule has 1 aromatic rings. The molecule has 1 fully saturated rings. The van der Waals surface area contributed by atoms with E-state index in [2.05, 4.69) is 36.2 Å². The first-order valence-electron chi connectivity index (χ1n) is 13.5. The molecule has 0 N–H and O–H groups in total. The van der Waals surface area contributed by atoms with Crippen LogP contribution in [-0.4, -0.2) is 34.3 Å². The summed E-state index contributed by atoms with van der Waals surface area (Å²) in [5, 5.41) is 0. The third kappa shape index (κ3) is 8.95. The summed E-state index contributed by atoms with van der Waals surface area (Å²) in [5.41, 5.74) is 0.254. The molecule has 35 heavy (non-hydrogen) atoms. The zero-order valence-electron chi connectivity index (χ0n) is 21.5. The van der Waals surface area contributed by atoms with Gasteiger partial charge in [-0.05, 0) is 45.4 Å². The normalized spacial score (nSPS) is 20.9. The summed E-state index contributed by atoms with van der Waals surface area (Å²) in [7, 11) is 0. The van der Waals surface area contributed by atoms with Crippen LogP contribution in [0.5, 0.6) is 6.01 Å². The molecule has 2 aliphatic heterocycles. The smallest absolute Gasteiger partial charge is 0.305 e. The van der Waals surface area contributed by atoms with Crippen LogP contribution in [0.1, 0.15) is 102 Å². The number of aromatic nitrogens is 2. The Morgan fingerprint density at radius 1 is 1.09 bits per heavy atom. The lowest BCUT2D eigenvalue weighted by atomic mass is 10.1. The number of rotatable bonds is 16. The summed E-state index contributed by atoms with van der Waals surface area (Å²) in [6.07, 6.45) is 23.8. The Hall–Kier alpha value is -2.41. The molecule has 1 saturated heterocycles. The van der Waals surface area contributed by atoms with Crippen molar-refractivity contribution in [3.8, 4) is 6.01 Å². The number of hydrogen-bond acceptors (Lipinski definition) is 6. The lowest BCUT2D eigenvalue weighted by molar-refractivity contribution is -0.149. The highest BCUT2D eigenvalue weighted by atomic mass is 16.6. The second-order valence-corrected chi connectivity index (χ2v) is 9.60. The summed E-state index contributed by atoms with van der Waals surface area (Å²) in [5.74, 6) is -0.193. The zero-order valence-corrected chi connectivity index (χ0v) is 21.5. The van der Waals surface area contributed by atoms with Gasteiger partial charge in [0, 0.05) is 24.6 Å². The van der Waals surface area contributed by atoms with Gasteiger partial charge in [0.15, 0.2) is 0 Å². The molecule has 0 aromatic carbocycles. The third-order valence-electron chi connectivity index (χ3n) is 6.58. The number of carbonyl (C=O) groups is 1. The number of ether oxygens (including phenoxy) is 3. The molecule has 3 heterocycles. The standard InChI is InChI=1S/C28H42N2O5/c1-3-4-5-6-7-8-9-10-11-12-13-14-15-16-17-18-26(31)33-21-24-23-19-25(34-24)30-20-22(2)27(32)29-28(30)35-23/h7-8,10-11,20,23-25H,3-6,9,12-19,21H2,1-2H3/b8-7-,11-10-. The van der Waals surface area contributed by atoms with Crippen molar-refractivity contribution in [1.29, 1.82) is 0 Å². The van der Waals surface area contributed by atoms with Crippen LogP contribution in [0, 0.1) is 6.92 Å². The number of esters is 1. The van der Waals surface area contributed by atoms with Gasteiger partial charge < -0.3 is 14.2 Å². The Morgan fingerprint density at radius 2 is 1.80 bits per heavy atom. The fourth-order valence-electron chi connectivity index (χ4n) is 4.45. The van der Waals surface area contributed by atoms with Crippen LogP contribution in [0.2, 0.25) is 0 Å². The lowest BCUT2D eigenvalue weighted by Gasteiger charge is -2.23. The van der Waals surface area contributed by atoms with Gasteiger partial charge in [0.25, 0.3) is 5.56 Å². The van der Waals surface area contributed by atoms with Crippen LogP contribution in [0.4, 0.5) is 0 Å². The molecule has 1 aromatic heterocycles. The maximum absolute atomic E-state index is 12.1. The molecule has 3 atom stereocenters. The van der Waals surface area contributed by atoms with Crippen molar-refractivity contribution in [2.24, 2.45) is 0 Å². The highest BCUT2D eigenvalue weighted by Crippen LogP contribution is 2.37. The molecular formula is C28H42N2O5. The fourth-order valence-corrected chi connectivity index (χ4v) is 4.45. The summed E-state index contributed by atoms with van der Waals surface area (Å²) >= 11 is 0. The van der Waals surface area contributed by atoms with Gasteiger partial charge in [-0.2, -0.15) is 4.98 Å². The van der Waals surface area contributed by atoms with Crippen LogP contribution in [0.3, 0.4) is 0 Å². The van der Waals surface area contributed by atoms with Crippen molar-refractivity contribution in [2.45, 2.75) is 116 Å². The lowest BCUT2D eigenvalue weighted by Crippen LogP contribution is -2.34. The van der Waals surface area contributed by atoms with Gasteiger partial charge in [0.05, 0.1) is 0 Å². The van der Waals surface area contributed by atoms with E-state index in [-0.39, 0.29) is 42.6 Å². The topological polar surface area (TPSA) is 79.7 Å². The van der Waals surface area contributed by atoms with E-state index >= 15 is 0 Å². The van der Waals surface area contributed by atoms with E-state index in [4.69, 9.17) is 14.2 Å². The Labute approximate surface area is 209 Å². The first-order chi connectivity index (χ1) is 17.1. The van der Waals surface area contributed by atoms with Gasteiger partial charge >= 0.3 is 12.0 Å². The highest BCUT2D eigenvalue weighted by Gasteiger charge is 2.43. The van der Waals surface area contributed by atoms with Crippen molar-refractivity contribution < 1.29 is 19.0 Å². The quantitative estimate of drug-likeness (QED) is 0.163. The maximum atomic E-state index is 12.1. The molecule has 194 valence electrons. The summed E-state index contributed by atoms with van der Waals surface area (Å²) < 4.78 is 19.0. The Morgan fingerprint density at radius 3 is 2.57 bits per heavy atom. The van der Waals surface area contributed by atoms with Crippen molar-refractivity contribution in [3.05, 3.63) is 46.4 Å². The molecule has 0 radical (unpaired) electrons. The molecular weight excluding hydrogens is 444 g/mol. The highest BCUT2D eigenvalue weighted by molar-refractivity contribution is 5.69. The first kappa shape index (κ1) is 27.2. The third-order valence-corrected chi connectivity index (χ3v) is 6.58. The first-order valence-corrected chi connectivity index (χ1v) is 13.5. The van der Waals surface area contributed by atoms with Crippen molar-refractivity contribution in [1.82, 2.24) is 9.55 Å². The molecule has 0 aliphatic carbocycles. The second-order valence-electron chi connectivity index (χ2n) is 9.60. The summed E-state index contributed by atoms with van der Waals surface area (Å²) in [4.78, 5) is 27.9. The van der Waals surface area contributed by atoms with Crippen molar-refractivity contribution >= 4 is 5.97 Å². The molecule has 3 unspecified atom stereocenters. The van der Waals surface area contributed by atoms with Gasteiger partial charge in [-0.1, -0.05) is 63.3 Å². The molecule has 2 bridgehead atoms. The van der Waals surface area contributed by atoms with Crippen LogP contribution in [-0.2, 0) is 14.3 Å². The average Bonchev–Trinajstić information content (AvgIpc) is 3.18. The molecule has 7 heteroatoms. The van der Waals surface area contributed by atoms with E-state index in [9.17, 15) is 9.59 Å². The minimum Gasteiger partial charge on any atom is -0.463 e. The van der Waals surface area contributed by atoms with E-state index in [1.54, 1.807) is 17.7 Å². The predicted molar refractivity (Wildman–Crippen MR) is 136 cm³/mol. The molecule has 7 nitrogen and oxygen atoms in total. The molecule has 0 spiro atoms. The van der Waals surface area contributed by atoms with Gasteiger partial charge in [-0.25, -0.2) is 0 Å². The predicted octanol–water partition coefficient (Wildman–Crippen LogP) is 5.96. The van der Waals surface area contributed by atoms with Gasteiger partial charge in [-0.15, -0.1) is 0 Å². The largest absolute Gasteiger partial charge is 0.463 e. The van der Waals surface area contributed by atoms with E-state index in [1.807, 2.05) is 0 Å². The summed E-state index contributed by atoms with van der Waals surface area (Å²) in [6.45, 7) is 4.12. The van der Waals surface area contributed by atoms with Crippen molar-refractivity contribution in [3.63, 3.8) is 0 Å². The summed E-state index contributed by atoms with van der Waals surface area (Å²) in [6, 6.07) is 0.279. The van der Waals surface area contributed by atoms with Gasteiger partial charge in [-0.3, -0.25) is 14.2 Å². The molecule has 2 aliphatic rings. The number of carbonyl (C=O) groups excluding carboxylic acids is 1. The Bertz CT molecular complexity index is 907. The number of nitrogens with zero attached hydrogens (tertiary/aromatic N) is 2. The maximum Gasteiger partial charge on any atom is 0.305 e.